The van der Waals surface area contributed by atoms with Crippen LogP contribution in [0.5, 0.6) is 0 Å². The van der Waals surface area contributed by atoms with E-state index in [9.17, 15) is 10.1 Å². The fraction of sp³-hybridized carbons (Fsp3) is 0.316. The second-order valence-corrected chi connectivity index (χ2v) is 6.68. The number of nitrogens with zero attached hydrogens (tertiary/aromatic N) is 2. The minimum absolute atomic E-state index is 0.0712. The average Bonchev–Trinajstić information content (AvgIpc) is 3.43. The maximum absolute atomic E-state index is 10.6. The molecule has 1 aromatic heterocycles. The van der Waals surface area contributed by atoms with Crippen LogP contribution in [-0.4, -0.2) is 16.1 Å². The number of aliphatic carboxylic acids is 1. The molecule has 0 unspecified atom stereocenters. The van der Waals surface area contributed by atoms with Gasteiger partial charge in [-0.1, -0.05) is 23.7 Å². The number of nitrogens with one attached hydrogen (secondary N) is 1. The smallest absolute Gasteiger partial charge is 0.303 e. The number of halogens is 1. The summed E-state index contributed by atoms with van der Waals surface area (Å²) in [5.41, 5.74) is 2.86. The SMILES string of the molecule is N#C[C@H](Nc1ccc(CCC(=O)O)cn1)c1cc(Cl)cc(C2CC2)c1. The molecule has 0 spiro atoms. The zero-order valence-electron chi connectivity index (χ0n) is 13.6. The highest BCUT2D eigenvalue weighted by molar-refractivity contribution is 6.30. The van der Waals surface area contributed by atoms with Crippen molar-refractivity contribution in [1.29, 1.82) is 5.26 Å². The molecule has 2 N–H and O–H groups in total. The van der Waals surface area contributed by atoms with Gasteiger partial charge in [0.05, 0.1) is 6.07 Å². The first-order valence-corrected chi connectivity index (χ1v) is 8.56. The third-order valence-electron chi connectivity index (χ3n) is 4.20. The minimum Gasteiger partial charge on any atom is -0.481 e. The molecule has 0 saturated heterocycles. The molecule has 1 atom stereocenters. The first-order valence-electron chi connectivity index (χ1n) is 8.18. The van der Waals surface area contributed by atoms with E-state index in [1.54, 1.807) is 18.3 Å². The molecule has 0 radical (unpaired) electrons. The fourth-order valence-corrected chi connectivity index (χ4v) is 2.95. The molecule has 2 aromatic rings. The zero-order chi connectivity index (χ0) is 17.8. The first-order chi connectivity index (χ1) is 12.0. The molecule has 1 aliphatic carbocycles. The van der Waals surface area contributed by atoms with E-state index in [2.05, 4.69) is 16.4 Å². The Kier molecular flexibility index (Phi) is 5.20. The van der Waals surface area contributed by atoms with Gasteiger partial charge in [-0.05, 0) is 60.1 Å². The minimum atomic E-state index is -0.834. The van der Waals surface area contributed by atoms with E-state index < -0.39 is 12.0 Å². The molecule has 1 fully saturated rings. The predicted octanol–water partition coefficient (Wildman–Crippen LogP) is 4.31. The van der Waals surface area contributed by atoms with Gasteiger partial charge in [-0.25, -0.2) is 4.98 Å². The molecule has 128 valence electrons. The highest BCUT2D eigenvalue weighted by Gasteiger charge is 2.25. The number of carboxylic acid groups (broad SMARTS) is 1. The standard InChI is InChI=1S/C19H18ClN3O2/c20-16-8-14(13-3-4-13)7-15(9-16)17(10-21)23-18-5-1-12(11-22-18)2-6-19(24)25/h1,5,7-9,11,13,17H,2-4,6H2,(H,22,23)(H,24,25)/t17-/m0/s1. The summed E-state index contributed by atoms with van der Waals surface area (Å²) >= 11 is 6.21. The highest BCUT2D eigenvalue weighted by Crippen LogP contribution is 2.41. The topological polar surface area (TPSA) is 86.0 Å². The second-order valence-electron chi connectivity index (χ2n) is 6.24. The van der Waals surface area contributed by atoms with Crippen LogP contribution in [0.4, 0.5) is 5.82 Å². The third kappa shape index (κ3) is 4.71. The largest absolute Gasteiger partial charge is 0.481 e. The van der Waals surface area contributed by atoms with Crippen molar-refractivity contribution in [2.75, 3.05) is 5.32 Å². The second kappa shape index (κ2) is 7.54. The summed E-state index contributed by atoms with van der Waals surface area (Å²) in [6.07, 6.45) is 4.48. The van der Waals surface area contributed by atoms with E-state index in [-0.39, 0.29) is 6.42 Å². The molecule has 1 aromatic carbocycles. The van der Waals surface area contributed by atoms with Crippen molar-refractivity contribution in [3.63, 3.8) is 0 Å². The number of hydrogen-bond acceptors (Lipinski definition) is 4. The molecule has 0 bridgehead atoms. The monoisotopic (exact) mass is 355 g/mol. The Bertz CT molecular complexity index is 810. The molecule has 1 saturated carbocycles. The number of aryl methyl sites for hydroxylation is 1. The lowest BCUT2D eigenvalue weighted by atomic mass is 10.0. The highest BCUT2D eigenvalue weighted by atomic mass is 35.5. The van der Waals surface area contributed by atoms with Gasteiger partial charge in [0.25, 0.3) is 0 Å². The Morgan fingerprint density at radius 2 is 2.20 bits per heavy atom. The van der Waals surface area contributed by atoms with Crippen molar-refractivity contribution >= 4 is 23.4 Å². The van der Waals surface area contributed by atoms with Crippen LogP contribution in [-0.2, 0) is 11.2 Å². The lowest BCUT2D eigenvalue weighted by Gasteiger charge is -2.14. The van der Waals surface area contributed by atoms with Crippen LogP contribution in [0.1, 0.15) is 47.9 Å². The van der Waals surface area contributed by atoms with Crippen molar-refractivity contribution < 1.29 is 9.90 Å². The molecule has 1 heterocycles. The third-order valence-corrected chi connectivity index (χ3v) is 4.42. The van der Waals surface area contributed by atoms with Crippen molar-refractivity contribution in [1.82, 2.24) is 4.98 Å². The predicted molar refractivity (Wildman–Crippen MR) is 95.6 cm³/mol. The van der Waals surface area contributed by atoms with Crippen LogP contribution in [0.2, 0.25) is 5.02 Å². The van der Waals surface area contributed by atoms with Gasteiger partial charge in [0.15, 0.2) is 0 Å². The van der Waals surface area contributed by atoms with E-state index in [0.717, 1.165) is 11.1 Å². The molecule has 3 rings (SSSR count). The summed E-state index contributed by atoms with van der Waals surface area (Å²) in [4.78, 5) is 14.9. The Balaban J connectivity index is 1.72. The lowest BCUT2D eigenvalue weighted by Crippen LogP contribution is -2.10. The number of rotatable bonds is 7. The van der Waals surface area contributed by atoms with Crippen LogP contribution in [0.25, 0.3) is 0 Å². The van der Waals surface area contributed by atoms with Crippen LogP contribution < -0.4 is 5.32 Å². The molecule has 0 amide bonds. The van der Waals surface area contributed by atoms with Crippen LogP contribution in [0, 0.1) is 11.3 Å². The van der Waals surface area contributed by atoms with Gasteiger partial charge in [0, 0.05) is 17.6 Å². The van der Waals surface area contributed by atoms with Gasteiger partial charge in [0.1, 0.15) is 11.9 Å². The molecule has 0 aliphatic heterocycles. The number of benzene rings is 1. The molecular formula is C19H18ClN3O2. The molecule has 6 heteroatoms. The lowest BCUT2D eigenvalue weighted by molar-refractivity contribution is -0.136. The van der Waals surface area contributed by atoms with Crippen molar-refractivity contribution in [3.05, 3.63) is 58.2 Å². The van der Waals surface area contributed by atoms with Crippen molar-refractivity contribution in [2.24, 2.45) is 0 Å². The van der Waals surface area contributed by atoms with Gasteiger partial charge < -0.3 is 10.4 Å². The van der Waals surface area contributed by atoms with E-state index in [4.69, 9.17) is 16.7 Å². The maximum Gasteiger partial charge on any atom is 0.303 e. The Morgan fingerprint density at radius 3 is 2.80 bits per heavy atom. The maximum atomic E-state index is 10.6. The van der Waals surface area contributed by atoms with Gasteiger partial charge >= 0.3 is 5.97 Å². The quantitative estimate of drug-likeness (QED) is 0.773. The van der Waals surface area contributed by atoms with Gasteiger partial charge in [0.2, 0.25) is 0 Å². The number of pyridine rings is 1. The molecule has 25 heavy (non-hydrogen) atoms. The van der Waals surface area contributed by atoms with Crippen molar-refractivity contribution in [3.8, 4) is 6.07 Å². The van der Waals surface area contributed by atoms with Crippen LogP contribution in [0.3, 0.4) is 0 Å². The summed E-state index contributed by atoms with van der Waals surface area (Å²) in [5, 5.41) is 22.0. The van der Waals surface area contributed by atoms with Crippen molar-refractivity contribution in [2.45, 2.75) is 37.6 Å². The van der Waals surface area contributed by atoms with Crippen LogP contribution >= 0.6 is 11.6 Å². The van der Waals surface area contributed by atoms with Crippen LogP contribution in [0.15, 0.2) is 36.5 Å². The van der Waals surface area contributed by atoms with E-state index in [1.807, 2.05) is 18.2 Å². The Hall–Kier alpha value is -2.58. The number of carbonyl (C=O) groups is 1. The Labute approximate surface area is 151 Å². The Morgan fingerprint density at radius 1 is 1.40 bits per heavy atom. The number of nitriles is 1. The summed E-state index contributed by atoms with van der Waals surface area (Å²) < 4.78 is 0. The molecule has 1 aliphatic rings. The number of carboxylic acids is 1. The summed E-state index contributed by atoms with van der Waals surface area (Å²) in [7, 11) is 0. The van der Waals surface area contributed by atoms with E-state index in [1.165, 1.54) is 18.4 Å². The normalized spacial score (nSPS) is 14.6. The summed E-state index contributed by atoms with van der Waals surface area (Å²) in [5.74, 6) is 0.293. The summed E-state index contributed by atoms with van der Waals surface area (Å²) in [6, 6.07) is 11.1. The van der Waals surface area contributed by atoms with Gasteiger partial charge in [-0.3, -0.25) is 4.79 Å². The number of aromatic nitrogens is 1. The first kappa shape index (κ1) is 17.2. The average molecular weight is 356 g/mol. The fourth-order valence-electron chi connectivity index (χ4n) is 2.70. The number of hydrogen-bond donors (Lipinski definition) is 2. The molecular weight excluding hydrogens is 338 g/mol. The van der Waals surface area contributed by atoms with E-state index >= 15 is 0 Å². The van der Waals surface area contributed by atoms with E-state index in [0.29, 0.717) is 23.2 Å². The summed E-state index contributed by atoms with van der Waals surface area (Å²) in [6.45, 7) is 0. The zero-order valence-corrected chi connectivity index (χ0v) is 14.3. The molecule has 5 nitrogen and oxygen atoms in total. The number of anilines is 1. The van der Waals surface area contributed by atoms with Gasteiger partial charge in [-0.2, -0.15) is 5.26 Å². The van der Waals surface area contributed by atoms with Gasteiger partial charge in [-0.15, -0.1) is 0 Å².